The highest BCUT2D eigenvalue weighted by Crippen LogP contribution is 2.15. The molecule has 0 unspecified atom stereocenters. The molecule has 3 nitrogen and oxygen atoms in total. The third-order valence-corrected chi connectivity index (χ3v) is 2.40. The molecule has 0 heterocycles. The summed E-state index contributed by atoms with van der Waals surface area (Å²) in [6, 6.07) is 9.90. The molecule has 1 amide bonds. The number of amides is 1. The van der Waals surface area contributed by atoms with Gasteiger partial charge in [-0.25, -0.2) is 4.79 Å². The molecule has 0 aliphatic carbocycles. The van der Waals surface area contributed by atoms with E-state index in [4.69, 9.17) is 5.11 Å². The number of nitrogens with one attached hydrogen (secondary N) is 1. The van der Waals surface area contributed by atoms with Gasteiger partial charge in [-0.15, -0.1) is 11.8 Å². The van der Waals surface area contributed by atoms with Crippen molar-refractivity contribution in [1.82, 2.24) is 5.32 Å². The largest absolute Gasteiger partial charge is 0.465 e. The molecule has 70 valence electrons. The fourth-order valence-corrected chi connectivity index (χ4v) is 1.63. The molecule has 0 aliphatic heterocycles. The molecular weight excluding hydrogens is 186 g/mol. The number of rotatable bonds is 4. The average Bonchev–Trinajstić information content (AvgIpc) is 2.14. The van der Waals surface area contributed by atoms with E-state index in [9.17, 15) is 4.79 Å². The number of carbonyl (C=O) groups is 1. The van der Waals surface area contributed by atoms with Crippen LogP contribution in [-0.4, -0.2) is 23.5 Å². The molecule has 1 aromatic rings. The maximum Gasteiger partial charge on any atom is 0.404 e. The molecule has 0 aromatic heterocycles. The van der Waals surface area contributed by atoms with E-state index >= 15 is 0 Å². The third-order valence-electron chi connectivity index (χ3n) is 1.39. The Hall–Kier alpha value is -1.16. The zero-order chi connectivity index (χ0) is 9.52. The van der Waals surface area contributed by atoms with Gasteiger partial charge < -0.3 is 10.4 Å². The maximum absolute atomic E-state index is 10.1. The van der Waals surface area contributed by atoms with Crippen molar-refractivity contribution in [3.05, 3.63) is 30.3 Å². The Morgan fingerprint density at radius 1 is 1.38 bits per heavy atom. The lowest BCUT2D eigenvalue weighted by molar-refractivity contribution is 0.195. The highest BCUT2D eigenvalue weighted by Gasteiger charge is 1.94. The lowest BCUT2D eigenvalue weighted by atomic mass is 10.4. The molecule has 0 saturated heterocycles. The van der Waals surface area contributed by atoms with E-state index in [0.29, 0.717) is 6.54 Å². The maximum atomic E-state index is 10.1. The smallest absolute Gasteiger partial charge is 0.404 e. The van der Waals surface area contributed by atoms with E-state index in [-0.39, 0.29) is 0 Å². The van der Waals surface area contributed by atoms with Crippen LogP contribution in [0.1, 0.15) is 0 Å². The standard InChI is InChI=1S/C9H11NO2S/c11-9(12)10-6-7-13-8-4-2-1-3-5-8/h1-5,10H,6-7H2,(H,11,12). The van der Waals surface area contributed by atoms with Gasteiger partial charge in [0, 0.05) is 17.2 Å². The van der Waals surface area contributed by atoms with Gasteiger partial charge in [0.15, 0.2) is 0 Å². The second-order valence-electron chi connectivity index (χ2n) is 2.39. The van der Waals surface area contributed by atoms with Crippen molar-refractivity contribution < 1.29 is 9.90 Å². The summed E-state index contributed by atoms with van der Waals surface area (Å²) in [7, 11) is 0. The van der Waals surface area contributed by atoms with Gasteiger partial charge in [-0.2, -0.15) is 0 Å². The summed E-state index contributed by atoms with van der Waals surface area (Å²) in [5, 5.41) is 10.6. The summed E-state index contributed by atoms with van der Waals surface area (Å²) < 4.78 is 0. The molecule has 0 radical (unpaired) electrons. The van der Waals surface area contributed by atoms with Crippen LogP contribution in [0.3, 0.4) is 0 Å². The van der Waals surface area contributed by atoms with Gasteiger partial charge in [-0.05, 0) is 12.1 Å². The van der Waals surface area contributed by atoms with E-state index in [1.165, 1.54) is 0 Å². The summed E-state index contributed by atoms with van der Waals surface area (Å²) in [5.74, 6) is 0.760. The summed E-state index contributed by atoms with van der Waals surface area (Å²) in [4.78, 5) is 11.3. The fraction of sp³-hybridized carbons (Fsp3) is 0.222. The minimum absolute atomic E-state index is 0.481. The normalized spacial score (nSPS) is 9.54. The van der Waals surface area contributed by atoms with Crippen LogP contribution in [0.2, 0.25) is 0 Å². The fourth-order valence-electron chi connectivity index (χ4n) is 0.844. The van der Waals surface area contributed by atoms with Gasteiger partial charge in [0.1, 0.15) is 0 Å². The number of thioether (sulfide) groups is 1. The highest BCUT2D eigenvalue weighted by molar-refractivity contribution is 7.99. The quantitative estimate of drug-likeness (QED) is 0.573. The topological polar surface area (TPSA) is 49.3 Å². The minimum Gasteiger partial charge on any atom is -0.465 e. The van der Waals surface area contributed by atoms with Crippen molar-refractivity contribution in [2.75, 3.05) is 12.3 Å². The van der Waals surface area contributed by atoms with Crippen molar-refractivity contribution >= 4 is 17.9 Å². The van der Waals surface area contributed by atoms with Crippen LogP contribution in [0.25, 0.3) is 0 Å². The lowest BCUT2D eigenvalue weighted by Gasteiger charge is -2.00. The second-order valence-corrected chi connectivity index (χ2v) is 3.56. The highest BCUT2D eigenvalue weighted by atomic mass is 32.2. The van der Waals surface area contributed by atoms with E-state index in [1.54, 1.807) is 11.8 Å². The molecule has 13 heavy (non-hydrogen) atoms. The predicted molar refractivity (Wildman–Crippen MR) is 53.2 cm³/mol. The average molecular weight is 197 g/mol. The van der Waals surface area contributed by atoms with E-state index < -0.39 is 6.09 Å². The monoisotopic (exact) mass is 197 g/mol. The molecule has 0 bridgehead atoms. The number of carboxylic acid groups (broad SMARTS) is 1. The molecule has 1 rings (SSSR count). The summed E-state index contributed by atoms with van der Waals surface area (Å²) >= 11 is 1.64. The van der Waals surface area contributed by atoms with Gasteiger partial charge in [0.25, 0.3) is 0 Å². The van der Waals surface area contributed by atoms with Gasteiger partial charge in [-0.3, -0.25) is 0 Å². The second kappa shape index (κ2) is 5.48. The van der Waals surface area contributed by atoms with Gasteiger partial charge in [-0.1, -0.05) is 18.2 Å². The Kier molecular flexibility index (Phi) is 4.18. The number of hydrogen-bond acceptors (Lipinski definition) is 2. The summed E-state index contributed by atoms with van der Waals surface area (Å²) in [6.45, 7) is 0.481. The molecule has 0 spiro atoms. The van der Waals surface area contributed by atoms with Crippen LogP contribution in [0.4, 0.5) is 4.79 Å². The Balaban J connectivity index is 2.17. The first-order valence-corrected chi connectivity index (χ1v) is 4.92. The molecular formula is C9H11NO2S. The Labute approximate surface area is 81.2 Å². The van der Waals surface area contributed by atoms with Crippen LogP contribution in [-0.2, 0) is 0 Å². The van der Waals surface area contributed by atoms with Gasteiger partial charge in [0.2, 0.25) is 0 Å². The molecule has 0 fully saturated rings. The Bertz CT molecular complexity index is 264. The number of hydrogen-bond donors (Lipinski definition) is 2. The Morgan fingerprint density at radius 3 is 2.69 bits per heavy atom. The minimum atomic E-state index is -0.964. The summed E-state index contributed by atoms with van der Waals surface area (Å²) in [5.41, 5.74) is 0. The van der Waals surface area contributed by atoms with E-state index in [2.05, 4.69) is 5.32 Å². The van der Waals surface area contributed by atoms with Crippen molar-refractivity contribution in [3.8, 4) is 0 Å². The SMILES string of the molecule is O=C(O)NCCSc1ccccc1. The van der Waals surface area contributed by atoms with Crippen LogP contribution in [0, 0.1) is 0 Å². The molecule has 4 heteroatoms. The van der Waals surface area contributed by atoms with Crippen molar-refractivity contribution in [1.29, 1.82) is 0 Å². The van der Waals surface area contributed by atoms with Crippen LogP contribution >= 0.6 is 11.8 Å². The first-order chi connectivity index (χ1) is 6.29. The molecule has 2 N–H and O–H groups in total. The molecule has 1 aromatic carbocycles. The zero-order valence-electron chi connectivity index (χ0n) is 7.06. The number of benzene rings is 1. The van der Waals surface area contributed by atoms with Gasteiger partial charge >= 0.3 is 6.09 Å². The Morgan fingerprint density at radius 2 is 2.08 bits per heavy atom. The van der Waals surface area contributed by atoms with Crippen LogP contribution < -0.4 is 5.32 Å². The molecule has 0 atom stereocenters. The predicted octanol–water partition coefficient (Wildman–Crippen LogP) is 2.05. The first-order valence-electron chi connectivity index (χ1n) is 3.93. The molecule has 0 aliphatic rings. The molecule has 0 saturated carbocycles. The van der Waals surface area contributed by atoms with E-state index in [0.717, 1.165) is 10.6 Å². The van der Waals surface area contributed by atoms with Crippen molar-refractivity contribution in [3.63, 3.8) is 0 Å². The lowest BCUT2D eigenvalue weighted by Crippen LogP contribution is -2.23. The van der Waals surface area contributed by atoms with Crippen molar-refractivity contribution in [2.24, 2.45) is 0 Å². The third kappa shape index (κ3) is 4.42. The zero-order valence-corrected chi connectivity index (χ0v) is 7.88. The first kappa shape index (κ1) is 9.92. The summed E-state index contributed by atoms with van der Waals surface area (Å²) in [6.07, 6.45) is -0.964. The van der Waals surface area contributed by atoms with Gasteiger partial charge in [0.05, 0.1) is 0 Å². The van der Waals surface area contributed by atoms with Crippen molar-refractivity contribution in [2.45, 2.75) is 4.90 Å². The van der Waals surface area contributed by atoms with E-state index in [1.807, 2.05) is 30.3 Å². The van der Waals surface area contributed by atoms with Crippen LogP contribution in [0.15, 0.2) is 35.2 Å². The van der Waals surface area contributed by atoms with Crippen LogP contribution in [0.5, 0.6) is 0 Å².